The van der Waals surface area contributed by atoms with Gasteiger partial charge < -0.3 is 14.6 Å². The third-order valence-corrected chi connectivity index (χ3v) is 8.26. The van der Waals surface area contributed by atoms with Crippen LogP contribution in [0.3, 0.4) is 0 Å². The lowest BCUT2D eigenvalue weighted by Crippen LogP contribution is -2.28. The first-order valence-corrected chi connectivity index (χ1v) is 14.5. The summed E-state index contributed by atoms with van der Waals surface area (Å²) in [5.74, 6) is -0.789. The molecule has 0 aliphatic heterocycles. The highest BCUT2D eigenvalue weighted by molar-refractivity contribution is 7.15. The van der Waals surface area contributed by atoms with Gasteiger partial charge in [-0.2, -0.15) is 0 Å². The average molecular weight is 608 g/mol. The largest absolute Gasteiger partial charge is 0.465 e. The maximum absolute atomic E-state index is 13.9. The Kier molecular flexibility index (Phi) is 8.51. The SMILES string of the molecule is CCOC(=O)Cn1c(C(=O)NCc2nnc(C)n2-c2sc(CC)cc2C(=O)c2ccccc2Cl)cc2cc(F)ccc21. The second-order valence-corrected chi connectivity index (χ2v) is 10.9. The molecule has 9 nitrogen and oxygen atoms in total. The lowest BCUT2D eigenvalue weighted by atomic mass is 10.0. The average Bonchev–Trinajstić information content (AvgIpc) is 3.66. The molecule has 5 aromatic rings. The van der Waals surface area contributed by atoms with E-state index in [1.54, 1.807) is 42.7 Å². The fourth-order valence-electron chi connectivity index (χ4n) is 4.70. The summed E-state index contributed by atoms with van der Waals surface area (Å²) in [6.07, 6.45) is 0.715. The highest BCUT2D eigenvalue weighted by Crippen LogP contribution is 2.32. The summed E-state index contributed by atoms with van der Waals surface area (Å²) in [5, 5.41) is 12.8. The highest BCUT2D eigenvalue weighted by Gasteiger charge is 2.25. The van der Waals surface area contributed by atoms with Gasteiger partial charge in [-0.25, -0.2) is 4.39 Å². The smallest absolute Gasteiger partial charge is 0.325 e. The highest BCUT2D eigenvalue weighted by atomic mass is 35.5. The number of hydrogen-bond donors (Lipinski definition) is 1. The Hall–Kier alpha value is -4.35. The second kappa shape index (κ2) is 12.3. The number of esters is 1. The molecule has 12 heteroatoms. The van der Waals surface area contributed by atoms with Gasteiger partial charge in [-0.1, -0.05) is 30.7 Å². The molecule has 2 aromatic carbocycles. The molecule has 1 N–H and O–H groups in total. The molecule has 42 heavy (non-hydrogen) atoms. The van der Waals surface area contributed by atoms with Crippen LogP contribution in [0, 0.1) is 12.7 Å². The van der Waals surface area contributed by atoms with Crippen LogP contribution in [-0.2, 0) is 29.0 Å². The minimum Gasteiger partial charge on any atom is -0.465 e. The zero-order chi connectivity index (χ0) is 30.0. The monoisotopic (exact) mass is 607 g/mol. The van der Waals surface area contributed by atoms with Crippen LogP contribution in [0.5, 0.6) is 0 Å². The number of nitrogens with one attached hydrogen (secondary N) is 1. The summed E-state index contributed by atoms with van der Waals surface area (Å²) in [6.45, 7) is 5.39. The van der Waals surface area contributed by atoms with E-state index in [0.29, 0.717) is 50.1 Å². The van der Waals surface area contributed by atoms with Crippen LogP contribution in [0.1, 0.15) is 56.8 Å². The van der Waals surface area contributed by atoms with E-state index in [9.17, 15) is 18.8 Å². The Labute approximate surface area is 249 Å². The molecule has 5 rings (SSSR count). The number of nitrogens with zero attached hydrogens (tertiary/aromatic N) is 4. The van der Waals surface area contributed by atoms with Crippen LogP contribution >= 0.6 is 22.9 Å². The minimum absolute atomic E-state index is 0.0337. The molecule has 0 aliphatic rings. The van der Waals surface area contributed by atoms with E-state index < -0.39 is 17.7 Å². The second-order valence-electron chi connectivity index (χ2n) is 9.40. The molecule has 0 saturated heterocycles. The maximum Gasteiger partial charge on any atom is 0.325 e. The van der Waals surface area contributed by atoms with Gasteiger partial charge >= 0.3 is 5.97 Å². The molecule has 0 bridgehead atoms. The standard InChI is InChI=1S/C30H27ClFN5O4S/c1-4-20-14-22(28(39)21-8-6-7-9-23(21)31)30(42-20)37-17(3)34-35-26(37)15-33-29(40)25-13-18-12-19(32)10-11-24(18)36(25)16-27(38)41-5-2/h6-14H,4-5,15-16H2,1-3H3,(H,33,40). The van der Waals surface area contributed by atoms with E-state index in [1.807, 2.05) is 13.0 Å². The minimum atomic E-state index is -0.524. The normalized spacial score (nSPS) is 11.2. The van der Waals surface area contributed by atoms with Crippen molar-refractivity contribution >= 4 is 51.5 Å². The number of rotatable bonds is 10. The molecule has 0 saturated carbocycles. The molecule has 0 unspecified atom stereocenters. The van der Waals surface area contributed by atoms with Gasteiger partial charge in [0.1, 0.15) is 28.9 Å². The number of hydrogen-bond acceptors (Lipinski definition) is 7. The van der Waals surface area contributed by atoms with E-state index >= 15 is 0 Å². The summed E-state index contributed by atoms with van der Waals surface area (Å²) < 4.78 is 22.3. The van der Waals surface area contributed by atoms with E-state index in [-0.39, 0.29) is 31.2 Å². The lowest BCUT2D eigenvalue weighted by Gasteiger charge is -2.12. The van der Waals surface area contributed by atoms with Crippen molar-refractivity contribution in [3.05, 3.63) is 98.8 Å². The third kappa shape index (κ3) is 5.70. The Morgan fingerprint density at radius 1 is 1.05 bits per heavy atom. The van der Waals surface area contributed by atoms with Crippen LogP contribution in [-0.4, -0.2) is 43.6 Å². The third-order valence-electron chi connectivity index (χ3n) is 6.67. The topological polar surface area (TPSA) is 108 Å². The predicted molar refractivity (Wildman–Crippen MR) is 158 cm³/mol. The van der Waals surface area contributed by atoms with E-state index in [4.69, 9.17) is 16.3 Å². The number of ether oxygens (including phenoxy) is 1. The Morgan fingerprint density at radius 2 is 1.83 bits per heavy atom. The molecule has 3 heterocycles. The number of ketones is 1. The van der Waals surface area contributed by atoms with Gasteiger partial charge in [0.25, 0.3) is 5.91 Å². The number of fused-ring (bicyclic) bond motifs is 1. The molecule has 0 spiro atoms. The van der Waals surface area contributed by atoms with Gasteiger partial charge in [0, 0.05) is 21.3 Å². The molecule has 216 valence electrons. The van der Waals surface area contributed by atoms with Crippen molar-refractivity contribution in [3.8, 4) is 5.00 Å². The molecule has 0 fully saturated rings. The number of amides is 1. The summed E-state index contributed by atoms with van der Waals surface area (Å²) in [4.78, 5) is 40.3. The Bertz CT molecular complexity index is 1830. The van der Waals surface area contributed by atoms with Crippen molar-refractivity contribution in [1.29, 1.82) is 0 Å². The van der Waals surface area contributed by atoms with Crippen molar-refractivity contribution in [2.75, 3.05) is 6.61 Å². The van der Waals surface area contributed by atoms with E-state index in [2.05, 4.69) is 15.5 Å². The van der Waals surface area contributed by atoms with Crippen molar-refractivity contribution < 1.29 is 23.5 Å². The first-order valence-electron chi connectivity index (χ1n) is 13.3. The predicted octanol–water partition coefficient (Wildman–Crippen LogP) is 5.67. The van der Waals surface area contributed by atoms with Gasteiger partial charge in [-0.05, 0) is 62.7 Å². The van der Waals surface area contributed by atoms with E-state index in [0.717, 1.165) is 4.88 Å². The zero-order valence-electron chi connectivity index (χ0n) is 23.1. The van der Waals surface area contributed by atoms with Crippen LogP contribution in [0.2, 0.25) is 5.02 Å². The molecule has 1 amide bonds. The van der Waals surface area contributed by atoms with Gasteiger partial charge in [-0.3, -0.25) is 19.0 Å². The van der Waals surface area contributed by atoms with Crippen LogP contribution < -0.4 is 5.32 Å². The van der Waals surface area contributed by atoms with Crippen molar-refractivity contribution in [3.63, 3.8) is 0 Å². The van der Waals surface area contributed by atoms with E-state index in [1.165, 1.54) is 40.2 Å². The van der Waals surface area contributed by atoms with Gasteiger partial charge in [-0.15, -0.1) is 21.5 Å². The number of aryl methyl sites for hydroxylation is 2. The fourth-order valence-corrected chi connectivity index (χ4v) is 6.08. The van der Waals surface area contributed by atoms with Crippen molar-refractivity contribution in [2.45, 2.75) is 40.3 Å². The van der Waals surface area contributed by atoms with Crippen LogP contribution in [0.25, 0.3) is 15.9 Å². The molecule has 0 radical (unpaired) electrons. The summed E-state index contributed by atoms with van der Waals surface area (Å²) >= 11 is 7.78. The number of thiophene rings is 1. The summed E-state index contributed by atoms with van der Waals surface area (Å²) in [7, 11) is 0. The molecular formula is C30H27ClFN5O4S. The number of carbonyl (C=O) groups excluding carboxylic acids is 3. The number of aromatic nitrogens is 4. The maximum atomic E-state index is 13.9. The summed E-state index contributed by atoms with van der Waals surface area (Å²) in [6, 6.07) is 14.3. The fraction of sp³-hybridized carbons (Fsp3) is 0.233. The first kappa shape index (κ1) is 29.2. The number of carbonyl (C=O) groups is 3. The number of halogens is 2. The molecule has 0 aliphatic carbocycles. The molecular weight excluding hydrogens is 581 g/mol. The van der Waals surface area contributed by atoms with Crippen LogP contribution in [0.15, 0.2) is 54.6 Å². The molecule has 3 aromatic heterocycles. The van der Waals surface area contributed by atoms with Gasteiger partial charge in [0.2, 0.25) is 0 Å². The van der Waals surface area contributed by atoms with Crippen LogP contribution in [0.4, 0.5) is 4.39 Å². The quantitative estimate of drug-likeness (QED) is 0.162. The van der Waals surface area contributed by atoms with Crippen molar-refractivity contribution in [1.82, 2.24) is 24.6 Å². The zero-order valence-corrected chi connectivity index (χ0v) is 24.7. The van der Waals surface area contributed by atoms with Gasteiger partial charge in [0.05, 0.1) is 23.7 Å². The Balaban J connectivity index is 1.47. The van der Waals surface area contributed by atoms with Crippen molar-refractivity contribution in [2.24, 2.45) is 0 Å². The lowest BCUT2D eigenvalue weighted by molar-refractivity contribution is -0.143. The van der Waals surface area contributed by atoms with Gasteiger partial charge in [0.15, 0.2) is 11.6 Å². The Morgan fingerprint density at radius 3 is 2.57 bits per heavy atom. The first-order chi connectivity index (χ1) is 20.2. The summed E-state index contributed by atoms with van der Waals surface area (Å²) in [5.41, 5.74) is 1.51. The molecule has 0 atom stereocenters. The number of benzene rings is 2.